The van der Waals surface area contributed by atoms with Gasteiger partial charge in [0.1, 0.15) is 12.4 Å². The van der Waals surface area contributed by atoms with Gasteiger partial charge in [-0.1, -0.05) is 36.4 Å². The van der Waals surface area contributed by atoms with E-state index in [4.69, 9.17) is 23.7 Å². The molecule has 3 aromatic rings. The third kappa shape index (κ3) is 4.64. The molecule has 0 aliphatic rings. The molecule has 0 unspecified atom stereocenters. The van der Waals surface area contributed by atoms with Crippen molar-refractivity contribution in [3.05, 3.63) is 76.3 Å². The molecule has 0 fully saturated rings. The van der Waals surface area contributed by atoms with E-state index < -0.39 is 0 Å². The zero-order chi connectivity index (χ0) is 23.1. The lowest BCUT2D eigenvalue weighted by Gasteiger charge is -2.21. The molecule has 3 aromatic carbocycles. The molecule has 168 valence electrons. The maximum Gasteiger partial charge on any atom is 0.207 e. The lowest BCUT2D eigenvalue weighted by atomic mass is 9.96. The van der Waals surface area contributed by atoms with Crippen LogP contribution >= 0.6 is 0 Å². The Morgan fingerprint density at radius 1 is 0.750 bits per heavy atom. The van der Waals surface area contributed by atoms with Gasteiger partial charge in [0.15, 0.2) is 17.8 Å². The molecule has 0 aliphatic heterocycles. The molecule has 0 atom stereocenters. The van der Waals surface area contributed by atoms with Crippen molar-refractivity contribution < 1.29 is 28.5 Å². The van der Waals surface area contributed by atoms with Crippen molar-refractivity contribution >= 4 is 6.29 Å². The number of methoxy groups -OCH3 is 4. The minimum absolute atomic E-state index is 0.351. The van der Waals surface area contributed by atoms with Crippen molar-refractivity contribution in [1.29, 1.82) is 0 Å². The summed E-state index contributed by atoms with van der Waals surface area (Å²) in [6, 6.07) is 15.3. The number of rotatable bonds is 10. The first-order valence-corrected chi connectivity index (χ1v) is 10.2. The van der Waals surface area contributed by atoms with Gasteiger partial charge in [-0.15, -0.1) is 0 Å². The topological polar surface area (TPSA) is 63.2 Å². The maximum atomic E-state index is 11.2. The van der Waals surface area contributed by atoms with Crippen LogP contribution in [0.2, 0.25) is 0 Å². The largest absolute Gasteiger partial charge is 0.492 e. The van der Waals surface area contributed by atoms with Gasteiger partial charge in [0.05, 0.1) is 34.0 Å². The number of hydrogen-bond donors (Lipinski definition) is 0. The number of carbonyl (C=O) groups is 1. The normalized spacial score (nSPS) is 10.4. The Bertz CT molecular complexity index is 1090. The van der Waals surface area contributed by atoms with Gasteiger partial charge in [-0.2, -0.15) is 0 Å². The van der Waals surface area contributed by atoms with Crippen LogP contribution in [0.3, 0.4) is 0 Å². The average Bonchev–Trinajstić information content (AvgIpc) is 2.83. The molecular weight excluding hydrogens is 408 g/mol. The second-order valence-corrected chi connectivity index (χ2v) is 7.18. The van der Waals surface area contributed by atoms with E-state index in [1.165, 1.54) is 0 Å². The highest BCUT2D eigenvalue weighted by molar-refractivity contribution is 5.79. The Morgan fingerprint density at radius 3 is 2.03 bits per heavy atom. The molecule has 0 heterocycles. The first-order valence-electron chi connectivity index (χ1n) is 10.2. The Labute approximate surface area is 188 Å². The molecule has 6 heteroatoms. The highest BCUT2D eigenvalue weighted by Crippen LogP contribution is 2.49. The van der Waals surface area contributed by atoms with Crippen LogP contribution in [0.1, 0.15) is 32.6 Å². The first kappa shape index (κ1) is 23.0. The molecule has 0 aromatic heterocycles. The fraction of sp³-hybridized carbons (Fsp3) is 0.269. The average molecular weight is 437 g/mol. The van der Waals surface area contributed by atoms with Crippen molar-refractivity contribution in [3.63, 3.8) is 0 Å². The summed E-state index contributed by atoms with van der Waals surface area (Å²) in [5, 5.41) is 0. The lowest BCUT2D eigenvalue weighted by Crippen LogP contribution is -2.05. The van der Waals surface area contributed by atoms with Crippen LogP contribution in [0.4, 0.5) is 0 Å². The second-order valence-electron chi connectivity index (χ2n) is 7.18. The molecule has 0 aliphatic carbocycles. The quantitative estimate of drug-likeness (QED) is 0.416. The van der Waals surface area contributed by atoms with Crippen LogP contribution in [0.15, 0.2) is 48.5 Å². The van der Waals surface area contributed by atoms with E-state index in [2.05, 4.69) is 6.07 Å². The van der Waals surface area contributed by atoms with E-state index in [1.807, 2.05) is 37.3 Å². The molecule has 0 bridgehead atoms. The zero-order valence-corrected chi connectivity index (χ0v) is 19.1. The number of carbonyl (C=O) groups excluding carboxylic acids is 1. The van der Waals surface area contributed by atoms with Crippen LogP contribution in [0.5, 0.6) is 28.7 Å². The molecule has 0 radical (unpaired) electrons. The maximum absolute atomic E-state index is 11.2. The van der Waals surface area contributed by atoms with E-state index in [9.17, 15) is 4.79 Å². The first-order chi connectivity index (χ1) is 15.6. The summed E-state index contributed by atoms with van der Waals surface area (Å²) in [6.45, 7) is 2.33. The van der Waals surface area contributed by atoms with Crippen molar-refractivity contribution in [2.24, 2.45) is 0 Å². The van der Waals surface area contributed by atoms with E-state index in [-0.39, 0.29) is 0 Å². The van der Waals surface area contributed by atoms with E-state index in [1.54, 1.807) is 40.6 Å². The van der Waals surface area contributed by atoms with Crippen molar-refractivity contribution in [3.8, 4) is 28.7 Å². The summed E-state index contributed by atoms with van der Waals surface area (Å²) in [5.41, 5.74) is 4.47. The van der Waals surface area contributed by atoms with Gasteiger partial charge in [0.2, 0.25) is 11.5 Å². The summed E-state index contributed by atoms with van der Waals surface area (Å²) in [7, 11) is 6.37. The predicted octanol–water partition coefficient (Wildman–Crippen LogP) is 5.01. The van der Waals surface area contributed by atoms with Gasteiger partial charge in [0.25, 0.3) is 0 Å². The Kier molecular flexibility index (Phi) is 7.60. The van der Waals surface area contributed by atoms with Gasteiger partial charge >= 0.3 is 0 Å². The zero-order valence-electron chi connectivity index (χ0n) is 19.1. The van der Waals surface area contributed by atoms with Crippen LogP contribution in [-0.2, 0) is 13.0 Å². The molecule has 0 amide bonds. The smallest absolute Gasteiger partial charge is 0.207 e. The Morgan fingerprint density at radius 2 is 1.38 bits per heavy atom. The van der Waals surface area contributed by atoms with Crippen molar-refractivity contribution in [2.45, 2.75) is 20.0 Å². The molecule has 0 saturated heterocycles. The highest BCUT2D eigenvalue weighted by atomic mass is 16.5. The molecule has 32 heavy (non-hydrogen) atoms. The number of hydrogen-bond acceptors (Lipinski definition) is 6. The summed E-state index contributed by atoms with van der Waals surface area (Å²) in [5.74, 6) is 2.80. The fourth-order valence-corrected chi connectivity index (χ4v) is 3.77. The standard InChI is InChI=1S/C26H28O6/c1-17-21(24(29-3)26(31-5)25(30-4)23(17)28-2)14-18-9-8-10-19(13-18)16-32-22-12-7-6-11-20(22)15-27/h6-13,15H,14,16H2,1-5H3. The van der Waals surface area contributed by atoms with Gasteiger partial charge in [-0.05, 0) is 30.2 Å². The number of para-hydroxylation sites is 1. The van der Waals surface area contributed by atoms with E-state index in [0.717, 1.165) is 28.5 Å². The Balaban J connectivity index is 1.92. The number of benzene rings is 3. The SMILES string of the molecule is COc1c(C)c(Cc2cccc(COc3ccccc3C=O)c2)c(OC)c(OC)c1OC. The summed E-state index contributed by atoms with van der Waals surface area (Å²) < 4.78 is 28.3. The predicted molar refractivity (Wildman–Crippen MR) is 123 cm³/mol. The van der Waals surface area contributed by atoms with Gasteiger partial charge in [-0.25, -0.2) is 0 Å². The third-order valence-corrected chi connectivity index (χ3v) is 5.32. The second kappa shape index (κ2) is 10.6. The van der Waals surface area contributed by atoms with Crippen LogP contribution < -0.4 is 23.7 Å². The van der Waals surface area contributed by atoms with Gasteiger partial charge < -0.3 is 23.7 Å². The minimum atomic E-state index is 0.351. The summed E-state index contributed by atoms with van der Waals surface area (Å²) in [4.78, 5) is 11.2. The Hall–Kier alpha value is -3.67. The van der Waals surface area contributed by atoms with Crippen molar-refractivity contribution in [1.82, 2.24) is 0 Å². The lowest BCUT2D eigenvalue weighted by molar-refractivity contribution is 0.111. The minimum Gasteiger partial charge on any atom is -0.492 e. The fourth-order valence-electron chi connectivity index (χ4n) is 3.77. The molecule has 6 nitrogen and oxygen atoms in total. The van der Waals surface area contributed by atoms with Gasteiger partial charge in [0, 0.05) is 17.5 Å². The number of aldehydes is 1. The van der Waals surface area contributed by atoms with Crippen molar-refractivity contribution in [2.75, 3.05) is 28.4 Å². The van der Waals surface area contributed by atoms with Gasteiger partial charge in [-0.3, -0.25) is 4.79 Å². The molecule has 0 saturated carbocycles. The molecule has 0 N–H and O–H groups in total. The van der Waals surface area contributed by atoms with Crippen LogP contribution in [0, 0.1) is 6.92 Å². The molecule has 3 rings (SSSR count). The summed E-state index contributed by atoms with van der Waals surface area (Å²) >= 11 is 0. The highest BCUT2D eigenvalue weighted by Gasteiger charge is 2.25. The third-order valence-electron chi connectivity index (χ3n) is 5.32. The monoisotopic (exact) mass is 436 g/mol. The van der Waals surface area contributed by atoms with E-state index >= 15 is 0 Å². The van der Waals surface area contributed by atoms with E-state index in [0.29, 0.717) is 47.3 Å². The van der Waals surface area contributed by atoms with Crippen LogP contribution in [0.25, 0.3) is 0 Å². The molecular formula is C26H28O6. The van der Waals surface area contributed by atoms with Crippen LogP contribution in [-0.4, -0.2) is 34.7 Å². The summed E-state index contributed by atoms with van der Waals surface area (Å²) in [6.07, 6.45) is 1.40. The molecule has 0 spiro atoms. The number of ether oxygens (including phenoxy) is 5.